The van der Waals surface area contributed by atoms with Crippen LogP contribution in [0.1, 0.15) is 18.1 Å². The van der Waals surface area contributed by atoms with Crippen molar-refractivity contribution in [2.24, 2.45) is 0 Å². The van der Waals surface area contributed by atoms with Crippen LogP contribution in [0.3, 0.4) is 0 Å². The molecule has 0 fully saturated rings. The van der Waals surface area contributed by atoms with E-state index in [9.17, 15) is 13.2 Å². The lowest BCUT2D eigenvalue weighted by Crippen LogP contribution is -2.18. The molecular formula is C10H10ClF3O. The van der Waals surface area contributed by atoms with Crippen molar-refractivity contribution in [2.75, 3.05) is 0 Å². The Labute approximate surface area is 90.8 Å². The van der Waals surface area contributed by atoms with Gasteiger partial charge in [-0.1, -0.05) is 19.1 Å². The lowest BCUT2D eigenvalue weighted by molar-refractivity contribution is -0.274. The minimum atomic E-state index is -4.67. The summed E-state index contributed by atoms with van der Waals surface area (Å²) < 4.78 is 39.8. The van der Waals surface area contributed by atoms with Gasteiger partial charge in [-0.3, -0.25) is 0 Å². The second-order valence-electron chi connectivity index (χ2n) is 2.98. The van der Waals surface area contributed by atoms with Crippen LogP contribution < -0.4 is 4.74 Å². The van der Waals surface area contributed by atoms with E-state index < -0.39 is 6.36 Å². The molecule has 5 heteroatoms. The van der Waals surface area contributed by atoms with Gasteiger partial charge in [0.1, 0.15) is 5.75 Å². The molecule has 0 aliphatic carbocycles. The van der Waals surface area contributed by atoms with E-state index in [0.717, 1.165) is 12.0 Å². The molecule has 0 heterocycles. The quantitative estimate of drug-likeness (QED) is 0.726. The predicted molar refractivity (Wildman–Crippen MR) is 52.1 cm³/mol. The number of rotatable bonds is 3. The maximum Gasteiger partial charge on any atom is 0.573 e. The first-order valence-corrected chi connectivity index (χ1v) is 4.93. The fourth-order valence-corrected chi connectivity index (χ4v) is 1.39. The number of ether oxygens (including phenoxy) is 1. The van der Waals surface area contributed by atoms with E-state index in [1.54, 1.807) is 12.1 Å². The molecule has 0 radical (unpaired) electrons. The first-order chi connectivity index (χ1) is 6.96. The second kappa shape index (κ2) is 4.75. The molecule has 84 valence electrons. The van der Waals surface area contributed by atoms with Gasteiger partial charge in [-0.15, -0.1) is 24.8 Å². The SMILES string of the molecule is CCc1ccc(OC(F)(F)F)c(CCl)c1. The van der Waals surface area contributed by atoms with E-state index in [1.807, 2.05) is 6.92 Å². The van der Waals surface area contributed by atoms with Crippen LogP contribution >= 0.6 is 11.6 Å². The molecule has 1 aromatic rings. The molecule has 0 saturated carbocycles. The number of benzene rings is 1. The summed E-state index contributed by atoms with van der Waals surface area (Å²) in [7, 11) is 0. The van der Waals surface area contributed by atoms with E-state index in [-0.39, 0.29) is 11.6 Å². The number of alkyl halides is 4. The third-order valence-electron chi connectivity index (χ3n) is 1.90. The Kier molecular flexibility index (Phi) is 3.85. The van der Waals surface area contributed by atoms with Gasteiger partial charge in [-0.25, -0.2) is 0 Å². The van der Waals surface area contributed by atoms with Crippen LogP contribution in [0.5, 0.6) is 5.75 Å². The van der Waals surface area contributed by atoms with Gasteiger partial charge >= 0.3 is 6.36 Å². The van der Waals surface area contributed by atoms with Crippen LogP contribution in [0, 0.1) is 0 Å². The highest BCUT2D eigenvalue weighted by atomic mass is 35.5. The Balaban J connectivity index is 2.97. The molecule has 0 N–H and O–H groups in total. The first kappa shape index (κ1) is 12.2. The van der Waals surface area contributed by atoms with E-state index in [4.69, 9.17) is 11.6 Å². The van der Waals surface area contributed by atoms with Gasteiger partial charge in [0.15, 0.2) is 0 Å². The standard InChI is InChI=1S/C10H10ClF3O/c1-2-7-3-4-9(8(5-7)6-11)15-10(12,13)14/h3-5H,2,6H2,1H3. The van der Waals surface area contributed by atoms with E-state index in [0.29, 0.717) is 5.56 Å². The van der Waals surface area contributed by atoms with Gasteiger partial charge in [0.05, 0.1) is 5.88 Å². The van der Waals surface area contributed by atoms with Crippen LogP contribution in [0.25, 0.3) is 0 Å². The van der Waals surface area contributed by atoms with E-state index in [1.165, 1.54) is 6.07 Å². The Morgan fingerprint density at radius 3 is 2.47 bits per heavy atom. The molecule has 0 spiro atoms. The number of hydrogen-bond donors (Lipinski definition) is 0. The first-order valence-electron chi connectivity index (χ1n) is 4.39. The van der Waals surface area contributed by atoms with Crippen molar-refractivity contribution in [2.45, 2.75) is 25.6 Å². The van der Waals surface area contributed by atoms with Crippen molar-refractivity contribution in [3.05, 3.63) is 29.3 Å². The van der Waals surface area contributed by atoms with Gasteiger partial charge in [-0.2, -0.15) is 0 Å². The summed E-state index contributed by atoms with van der Waals surface area (Å²) in [5.41, 5.74) is 1.29. The molecule has 1 nitrogen and oxygen atoms in total. The Morgan fingerprint density at radius 2 is 2.00 bits per heavy atom. The van der Waals surface area contributed by atoms with Crippen molar-refractivity contribution in [1.29, 1.82) is 0 Å². The maximum atomic E-state index is 12.0. The highest BCUT2D eigenvalue weighted by Crippen LogP contribution is 2.28. The molecule has 15 heavy (non-hydrogen) atoms. The highest BCUT2D eigenvalue weighted by molar-refractivity contribution is 6.17. The molecule has 1 rings (SSSR count). The smallest absolute Gasteiger partial charge is 0.405 e. The predicted octanol–water partition coefficient (Wildman–Crippen LogP) is 3.89. The monoisotopic (exact) mass is 238 g/mol. The van der Waals surface area contributed by atoms with Crippen LogP contribution in [-0.4, -0.2) is 6.36 Å². The van der Waals surface area contributed by atoms with Gasteiger partial charge < -0.3 is 4.74 Å². The molecule has 0 aliphatic heterocycles. The van der Waals surface area contributed by atoms with Crippen molar-refractivity contribution >= 4 is 11.6 Å². The number of aryl methyl sites for hydroxylation is 1. The van der Waals surface area contributed by atoms with Gasteiger partial charge in [0, 0.05) is 5.56 Å². The number of halogens is 4. The number of hydrogen-bond acceptors (Lipinski definition) is 1. The summed E-state index contributed by atoms with van der Waals surface area (Å²) in [6, 6.07) is 4.51. The minimum absolute atomic E-state index is 0.000741. The average molecular weight is 239 g/mol. The Hall–Kier alpha value is -0.900. The fourth-order valence-electron chi connectivity index (χ4n) is 1.18. The maximum absolute atomic E-state index is 12.0. The molecule has 1 aromatic carbocycles. The van der Waals surface area contributed by atoms with Gasteiger partial charge in [-0.05, 0) is 18.1 Å². The molecule has 0 aromatic heterocycles. The second-order valence-corrected chi connectivity index (χ2v) is 3.24. The lowest BCUT2D eigenvalue weighted by Gasteiger charge is -2.12. The Bertz CT molecular complexity index is 336. The molecule has 0 unspecified atom stereocenters. The van der Waals surface area contributed by atoms with Gasteiger partial charge in [0.25, 0.3) is 0 Å². The van der Waals surface area contributed by atoms with E-state index >= 15 is 0 Å². The van der Waals surface area contributed by atoms with Crippen LogP contribution in [0.2, 0.25) is 0 Å². The molecule has 0 saturated heterocycles. The minimum Gasteiger partial charge on any atom is -0.405 e. The largest absolute Gasteiger partial charge is 0.573 e. The zero-order valence-electron chi connectivity index (χ0n) is 8.07. The molecule has 0 bridgehead atoms. The molecule has 0 aliphatic rings. The molecule has 0 atom stereocenters. The average Bonchev–Trinajstić information content (AvgIpc) is 2.16. The van der Waals surface area contributed by atoms with Crippen molar-refractivity contribution < 1.29 is 17.9 Å². The van der Waals surface area contributed by atoms with Crippen molar-refractivity contribution in [1.82, 2.24) is 0 Å². The third kappa shape index (κ3) is 3.63. The van der Waals surface area contributed by atoms with Crippen LogP contribution in [-0.2, 0) is 12.3 Å². The lowest BCUT2D eigenvalue weighted by atomic mass is 10.1. The fraction of sp³-hybridized carbons (Fsp3) is 0.400. The summed E-state index contributed by atoms with van der Waals surface area (Å²) in [5, 5.41) is 0. The summed E-state index contributed by atoms with van der Waals surface area (Å²) >= 11 is 5.54. The van der Waals surface area contributed by atoms with Crippen LogP contribution in [0.4, 0.5) is 13.2 Å². The highest BCUT2D eigenvalue weighted by Gasteiger charge is 2.31. The zero-order valence-corrected chi connectivity index (χ0v) is 8.82. The van der Waals surface area contributed by atoms with E-state index in [2.05, 4.69) is 4.74 Å². The third-order valence-corrected chi connectivity index (χ3v) is 2.19. The zero-order chi connectivity index (χ0) is 11.5. The van der Waals surface area contributed by atoms with Gasteiger partial charge in [0.2, 0.25) is 0 Å². The summed E-state index contributed by atoms with van der Waals surface area (Å²) in [6.45, 7) is 1.91. The summed E-state index contributed by atoms with van der Waals surface area (Å²) in [4.78, 5) is 0. The van der Waals surface area contributed by atoms with Crippen LogP contribution in [0.15, 0.2) is 18.2 Å². The van der Waals surface area contributed by atoms with Crippen molar-refractivity contribution in [3.63, 3.8) is 0 Å². The van der Waals surface area contributed by atoms with Crippen molar-refractivity contribution in [3.8, 4) is 5.75 Å². The normalized spacial score (nSPS) is 11.5. The summed E-state index contributed by atoms with van der Waals surface area (Å²) in [6.07, 6.45) is -3.93. The summed E-state index contributed by atoms with van der Waals surface area (Å²) in [5.74, 6) is -0.228. The molecular weight excluding hydrogens is 229 g/mol. The Morgan fingerprint density at radius 1 is 1.33 bits per heavy atom. The molecule has 0 amide bonds. The topological polar surface area (TPSA) is 9.23 Å².